The first-order valence-electron chi connectivity index (χ1n) is 4.47. The molecular weight excluding hydrogens is 184 g/mol. The molecule has 1 atom stereocenters. The maximum absolute atomic E-state index is 6.12. The zero-order valence-corrected chi connectivity index (χ0v) is 8.80. The summed E-state index contributed by atoms with van der Waals surface area (Å²) in [4.78, 5) is 4.01. The molecule has 2 nitrogen and oxygen atoms in total. The minimum absolute atomic E-state index is 0.285. The van der Waals surface area contributed by atoms with Gasteiger partial charge < -0.3 is 5.73 Å². The van der Waals surface area contributed by atoms with E-state index in [0.29, 0.717) is 5.15 Å². The first kappa shape index (κ1) is 10.5. The standard InChI is InChI=1S/C10H15ClN2/c1-3-6-10(2,12)8-4-5-9(11)13-7-8/h4-5,7H,3,6,12H2,1-2H3. The van der Waals surface area contributed by atoms with Crippen LogP contribution >= 0.6 is 11.6 Å². The summed E-state index contributed by atoms with van der Waals surface area (Å²) in [5.74, 6) is 0. The molecule has 1 rings (SSSR count). The lowest BCUT2D eigenvalue weighted by Crippen LogP contribution is -2.32. The number of nitrogens with zero attached hydrogens (tertiary/aromatic N) is 1. The molecule has 3 heteroatoms. The number of halogens is 1. The predicted molar refractivity (Wildman–Crippen MR) is 55.7 cm³/mol. The van der Waals surface area contributed by atoms with Crippen molar-refractivity contribution in [1.82, 2.24) is 4.98 Å². The Bertz CT molecular complexity index is 267. The fourth-order valence-corrected chi connectivity index (χ4v) is 1.49. The van der Waals surface area contributed by atoms with E-state index in [-0.39, 0.29) is 5.54 Å². The number of aromatic nitrogens is 1. The molecule has 0 aliphatic heterocycles. The van der Waals surface area contributed by atoms with Gasteiger partial charge in [0.05, 0.1) is 0 Å². The highest BCUT2D eigenvalue weighted by Gasteiger charge is 2.19. The fraction of sp³-hybridized carbons (Fsp3) is 0.500. The van der Waals surface area contributed by atoms with Crippen LogP contribution in [0.15, 0.2) is 18.3 Å². The third kappa shape index (κ3) is 2.68. The van der Waals surface area contributed by atoms with Crippen LogP contribution in [0, 0.1) is 0 Å². The highest BCUT2D eigenvalue weighted by Crippen LogP contribution is 2.22. The molecule has 1 unspecified atom stereocenters. The van der Waals surface area contributed by atoms with Crippen LogP contribution in [0.25, 0.3) is 0 Å². The summed E-state index contributed by atoms with van der Waals surface area (Å²) < 4.78 is 0. The molecule has 2 N–H and O–H groups in total. The van der Waals surface area contributed by atoms with Crippen molar-refractivity contribution in [2.45, 2.75) is 32.2 Å². The van der Waals surface area contributed by atoms with Crippen molar-refractivity contribution in [2.75, 3.05) is 0 Å². The van der Waals surface area contributed by atoms with Gasteiger partial charge in [-0.3, -0.25) is 0 Å². The highest BCUT2D eigenvalue weighted by molar-refractivity contribution is 6.29. The molecule has 0 fully saturated rings. The summed E-state index contributed by atoms with van der Waals surface area (Å²) in [5.41, 5.74) is 6.87. The molecule has 0 saturated heterocycles. The Labute approximate surface area is 84.1 Å². The average Bonchev–Trinajstić information content (AvgIpc) is 2.05. The summed E-state index contributed by atoms with van der Waals surface area (Å²) in [6.07, 6.45) is 3.77. The lowest BCUT2D eigenvalue weighted by atomic mass is 9.90. The predicted octanol–water partition coefficient (Wildman–Crippen LogP) is 2.71. The van der Waals surface area contributed by atoms with Crippen molar-refractivity contribution in [3.8, 4) is 0 Å². The molecular formula is C10H15ClN2. The minimum Gasteiger partial charge on any atom is -0.322 e. The molecule has 0 aliphatic carbocycles. The first-order valence-corrected chi connectivity index (χ1v) is 4.85. The normalized spacial score (nSPS) is 15.4. The van der Waals surface area contributed by atoms with E-state index in [4.69, 9.17) is 17.3 Å². The second-order valence-corrected chi connectivity index (χ2v) is 3.92. The summed E-state index contributed by atoms with van der Waals surface area (Å²) >= 11 is 5.69. The number of hydrogen-bond donors (Lipinski definition) is 1. The maximum Gasteiger partial charge on any atom is 0.129 e. The molecule has 0 aromatic carbocycles. The number of hydrogen-bond acceptors (Lipinski definition) is 2. The quantitative estimate of drug-likeness (QED) is 0.759. The van der Waals surface area contributed by atoms with E-state index in [1.165, 1.54) is 0 Å². The van der Waals surface area contributed by atoms with E-state index in [2.05, 4.69) is 11.9 Å². The third-order valence-electron chi connectivity index (χ3n) is 2.16. The van der Waals surface area contributed by atoms with Crippen LogP contribution in [-0.2, 0) is 5.54 Å². The number of pyridine rings is 1. The molecule has 0 spiro atoms. The molecule has 1 aromatic rings. The molecule has 0 aliphatic rings. The van der Waals surface area contributed by atoms with Crippen molar-refractivity contribution in [2.24, 2.45) is 5.73 Å². The molecule has 1 heterocycles. The fourth-order valence-electron chi connectivity index (χ4n) is 1.38. The minimum atomic E-state index is -0.285. The Morgan fingerprint density at radius 2 is 2.23 bits per heavy atom. The Balaban J connectivity index is 2.87. The van der Waals surface area contributed by atoms with Gasteiger partial charge in [-0.2, -0.15) is 0 Å². The molecule has 0 amide bonds. The van der Waals surface area contributed by atoms with Gasteiger partial charge in [0.1, 0.15) is 5.15 Å². The maximum atomic E-state index is 6.12. The smallest absolute Gasteiger partial charge is 0.129 e. The van der Waals surface area contributed by atoms with Crippen LogP contribution in [0.2, 0.25) is 5.15 Å². The Morgan fingerprint density at radius 1 is 1.54 bits per heavy atom. The van der Waals surface area contributed by atoms with Gasteiger partial charge in [0.15, 0.2) is 0 Å². The van der Waals surface area contributed by atoms with E-state index in [9.17, 15) is 0 Å². The molecule has 0 bridgehead atoms. The van der Waals surface area contributed by atoms with Crippen molar-refractivity contribution in [3.63, 3.8) is 0 Å². The second-order valence-electron chi connectivity index (χ2n) is 3.54. The first-order chi connectivity index (χ1) is 6.06. The van der Waals surface area contributed by atoms with E-state index in [0.717, 1.165) is 18.4 Å². The van der Waals surface area contributed by atoms with Gasteiger partial charge in [-0.25, -0.2) is 4.98 Å². The lowest BCUT2D eigenvalue weighted by molar-refractivity contribution is 0.445. The lowest BCUT2D eigenvalue weighted by Gasteiger charge is -2.24. The van der Waals surface area contributed by atoms with Crippen LogP contribution in [0.3, 0.4) is 0 Å². The van der Waals surface area contributed by atoms with Crippen molar-refractivity contribution >= 4 is 11.6 Å². The van der Waals surface area contributed by atoms with E-state index in [1.54, 1.807) is 12.3 Å². The molecule has 13 heavy (non-hydrogen) atoms. The summed E-state index contributed by atoms with van der Waals surface area (Å²) in [6, 6.07) is 3.71. The summed E-state index contributed by atoms with van der Waals surface area (Å²) in [6.45, 7) is 4.13. The van der Waals surface area contributed by atoms with Crippen molar-refractivity contribution in [1.29, 1.82) is 0 Å². The zero-order valence-electron chi connectivity index (χ0n) is 8.05. The van der Waals surface area contributed by atoms with E-state index < -0.39 is 0 Å². The summed E-state index contributed by atoms with van der Waals surface area (Å²) in [5, 5.41) is 0.510. The van der Waals surface area contributed by atoms with Gasteiger partial charge in [-0.05, 0) is 25.0 Å². The van der Waals surface area contributed by atoms with Gasteiger partial charge in [0.2, 0.25) is 0 Å². The van der Waals surface area contributed by atoms with Crippen molar-refractivity contribution < 1.29 is 0 Å². The largest absolute Gasteiger partial charge is 0.322 e. The molecule has 0 radical (unpaired) electrons. The van der Waals surface area contributed by atoms with E-state index in [1.807, 2.05) is 13.0 Å². The van der Waals surface area contributed by atoms with Crippen LogP contribution in [0.5, 0.6) is 0 Å². The van der Waals surface area contributed by atoms with Crippen molar-refractivity contribution in [3.05, 3.63) is 29.0 Å². The van der Waals surface area contributed by atoms with Crippen LogP contribution < -0.4 is 5.73 Å². The zero-order chi connectivity index (χ0) is 9.90. The average molecular weight is 199 g/mol. The Hall–Kier alpha value is -0.600. The van der Waals surface area contributed by atoms with Gasteiger partial charge in [-0.15, -0.1) is 0 Å². The third-order valence-corrected chi connectivity index (χ3v) is 2.38. The van der Waals surface area contributed by atoms with E-state index >= 15 is 0 Å². The second kappa shape index (κ2) is 4.07. The van der Waals surface area contributed by atoms with Gasteiger partial charge in [-0.1, -0.05) is 31.0 Å². The van der Waals surface area contributed by atoms with Gasteiger partial charge in [0, 0.05) is 11.7 Å². The Morgan fingerprint density at radius 3 is 2.69 bits per heavy atom. The Kier molecular flexibility index (Phi) is 3.28. The molecule has 72 valence electrons. The van der Waals surface area contributed by atoms with Crippen LogP contribution in [0.4, 0.5) is 0 Å². The van der Waals surface area contributed by atoms with Crippen LogP contribution in [0.1, 0.15) is 32.3 Å². The summed E-state index contributed by atoms with van der Waals surface area (Å²) in [7, 11) is 0. The van der Waals surface area contributed by atoms with Gasteiger partial charge >= 0.3 is 0 Å². The number of rotatable bonds is 3. The van der Waals surface area contributed by atoms with Gasteiger partial charge in [0.25, 0.3) is 0 Å². The van der Waals surface area contributed by atoms with Crippen LogP contribution in [-0.4, -0.2) is 4.98 Å². The monoisotopic (exact) mass is 198 g/mol. The molecule has 0 saturated carbocycles. The highest BCUT2D eigenvalue weighted by atomic mass is 35.5. The SMILES string of the molecule is CCCC(C)(N)c1ccc(Cl)nc1. The topological polar surface area (TPSA) is 38.9 Å². The molecule has 1 aromatic heterocycles. The number of nitrogens with two attached hydrogens (primary N) is 1.